The number of alkyl halides is 3. The molecule has 2 aliphatic heterocycles. The molecule has 1 N–H and O–H groups in total. The summed E-state index contributed by atoms with van der Waals surface area (Å²) in [6, 6.07) is 16.7. The molecule has 2 aliphatic rings. The van der Waals surface area contributed by atoms with Gasteiger partial charge in [-0.3, -0.25) is 19.5 Å². The third-order valence-corrected chi connectivity index (χ3v) is 8.62. The molecule has 2 aromatic heterocycles. The van der Waals surface area contributed by atoms with Crippen LogP contribution in [0, 0.1) is 0 Å². The zero-order valence-electron chi connectivity index (χ0n) is 23.0. The van der Waals surface area contributed by atoms with Crippen molar-refractivity contribution in [2.75, 3.05) is 30.0 Å². The molecule has 14 heteroatoms. The van der Waals surface area contributed by atoms with E-state index in [1.807, 2.05) is 54.6 Å². The number of nitrogens with zero attached hydrogens (tertiary/aromatic N) is 5. The highest BCUT2D eigenvalue weighted by Crippen LogP contribution is 2.47. The van der Waals surface area contributed by atoms with Crippen LogP contribution in [0.1, 0.15) is 35.5 Å². The van der Waals surface area contributed by atoms with Crippen molar-refractivity contribution in [1.29, 1.82) is 0 Å². The van der Waals surface area contributed by atoms with Crippen LogP contribution in [0.25, 0.3) is 11.6 Å². The number of fused-ring (bicyclic) bond motifs is 1. The lowest BCUT2D eigenvalue weighted by atomic mass is 9.94. The number of nitrogens with one attached hydrogen (secondary N) is 1. The van der Waals surface area contributed by atoms with Crippen LogP contribution in [0.15, 0.2) is 64.0 Å². The number of aromatic nitrogens is 3. The quantitative estimate of drug-likeness (QED) is 0.331. The van der Waals surface area contributed by atoms with E-state index in [9.17, 15) is 22.8 Å². The van der Waals surface area contributed by atoms with Crippen molar-refractivity contribution in [2.45, 2.75) is 38.0 Å². The third kappa shape index (κ3) is 5.43. The third-order valence-electron chi connectivity index (χ3n) is 7.22. The smallest absolute Gasteiger partial charge is 0.400 e. The molecule has 0 bridgehead atoms. The fraction of sp³-hybridized carbons (Fsp3) is 0.310. The lowest BCUT2D eigenvalue weighted by Gasteiger charge is -2.26. The number of ether oxygens (including phenoxy) is 1. The Morgan fingerprint density at radius 2 is 1.77 bits per heavy atom. The van der Waals surface area contributed by atoms with Gasteiger partial charge in [-0.15, -0.1) is 5.10 Å². The van der Waals surface area contributed by atoms with Crippen molar-refractivity contribution in [3.8, 4) is 11.6 Å². The first-order valence-electron chi connectivity index (χ1n) is 13.3. The average molecular weight is 611 g/mol. The van der Waals surface area contributed by atoms with E-state index in [0.717, 1.165) is 41.9 Å². The largest absolute Gasteiger partial charge is 0.402 e. The summed E-state index contributed by atoms with van der Waals surface area (Å²) in [6.45, 7) is 2.12. The maximum absolute atomic E-state index is 13.9. The predicted octanol–water partition coefficient (Wildman–Crippen LogP) is 4.80. The Kier molecular flexibility index (Phi) is 7.34. The van der Waals surface area contributed by atoms with E-state index in [1.165, 1.54) is 4.90 Å². The molecule has 1 saturated heterocycles. The van der Waals surface area contributed by atoms with Gasteiger partial charge in [0.05, 0.1) is 18.9 Å². The Hall–Kier alpha value is -4.43. The van der Waals surface area contributed by atoms with Gasteiger partial charge in [-0.25, -0.2) is 4.98 Å². The second-order valence-corrected chi connectivity index (χ2v) is 11.5. The molecule has 43 heavy (non-hydrogen) atoms. The summed E-state index contributed by atoms with van der Waals surface area (Å²) in [7, 11) is 0. The van der Waals surface area contributed by atoms with Crippen LogP contribution in [0.3, 0.4) is 0 Å². The molecule has 0 unspecified atom stereocenters. The molecule has 0 radical (unpaired) electrons. The molecular formula is C29H25F3N6O4S. The normalized spacial score (nSPS) is 17.8. The fourth-order valence-corrected chi connectivity index (χ4v) is 5.87. The zero-order valence-corrected chi connectivity index (χ0v) is 23.8. The van der Waals surface area contributed by atoms with Crippen LogP contribution in [0.4, 0.5) is 24.2 Å². The number of carbonyl (C=O) groups is 2. The van der Waals surface area contributed by atoms with Gasteiger partial charge in [0.25, 0.3) is 11.8 Å². The van der Waals surface area contributed by atoms with Crippen molar-refractivity contribution >= 4 is 39.8 Å². The number of rotatable bonds is 6. The van der Waals surface area contributed by atoms with Crippen LogP contribution in [0.2, 0.25) is 0 Å². The fourth-order valence-electron chi connectivity index (χ4n) is 4.65. The van der Waals surface area contributed by atoms with Crippen molar-refractivity contribution in [3.63, 3.8) is 0 Å². The minimum absolute atomic E-state index is 0.0683. The summed E-state index contributed by atoms with van der Waals surface area (Å²) in [6.07, 6.45) is -5.60. The van der Waals surface area contributed by atoms with Gasteiger partial charge in [-0.05, 0) is 19.4 Å². The summed E-state index contributed by atoms with van der Waals surface area (Å²) in [4.78, 5) is 36.2. The number of halogens is 3. The molecule has 1 fully saturated rings. The van der Waals surface area contributed by atoms with E-state index in [4.69, 9.17) is 14.1 Å². The first-order chi connectivity index (χ1) is 20.5. The van der Waals surface area contributed by atoms with Crippen molar-refractivity contribution in [3.05, 3.63) is 76.3 Å². The second kappa shape index (κ2) is 11.0. The lowest BCUT2D eigenvalue weighted by molar-refractivity contribution is -0.180. The van der Waals surface area contributed by atoms with Crippen LogP contribution in [0.5, 0.6) is 0 Å². The van der Waals surface area contributed by atoms with Crippen LogP contribution < -0.4 is 10.2 Å². The van der Waals surface area contributed by atoms with E-state index >= 15 is 0 Å². The first-order valence-corrected chi connectivity index (χ1v) is 14.2. The molecule has 1 atom stereocenters. The average Bonchev–Trinajstić information content (AvgIpc) is 3.60. The minimum Gasteiger partial charge on any atom is -0.402 e. The summed E-state index contributed by atoms with van der Waals surface area (Å²) >= 11 is 0.732. The molecular weight excluding hydrogens is 585 g/mol. The van der Waals surface area contributed by atoms with E-state index in [0.29, 0.717) is 5.71 Å². The first kappa shape index (κ1) is 28.7. The molecule has 2 aromatic carbocycles. The van der Waals surface area contributed by atoms with Crippen LogP contribution in [-0.4, -0.2) is 64.7 Å². The van der Waals surface area contributed by atoms with Gasteiger partial charge in [-0.1, -0.05) is 71.0 Å². The molecule has 4 aromatic rings. The number of thiazole rings is 1. The van der Waals surface area contributed by atoms with Crippen molar-refractivity contribution in [1.82, 2.24) is 15.2 Å². The number of hydrogen-bond acceptors (Lipinski definition) is 10. The van der Waals surface area contributed by atoms with Crippen molar-refractivity contribution < 1.29 is 31.9 Å². The van der Waals surface area contributed by atoms with Crippen molar-refractivity contribution in [2.24, 2.45) is 4.99 Å². The molecule has 222 valence electrons. The van der Waals surface area contributed by atoms with Gasteiger partial charge >= 0.3 is 12.2 Å². The molecule has 4 heterocycles. The van der Waals surface area contributed by atoms with Gasteiger partial charge in [0, 0.05) is 17.5 Å². The van der Waals surface area contributed by atoms with E-state index in [-0.39, 0.29) is 59.6 Å². The molecule has 0 aliphatic carbocycles. The topological polar surface area (TPSA) is 123 Å². The minimum atomic E-state index is -4.61. The maximum atomic E-state index is 13.9. The van der Waals surface area contributed by atoms with E-state index in [2.05, 4.69) is 20.5 Å². The monoisotopic (exact) mass is 610 g/mol. The Morgan fingerprint density at radius 1 is 1.02 bits per heavy atom. The number of amides is 1. The van der Waals surface area contributed by atoms with Crippen LogP contribution in [-0.2, 0) is 26.2 Å². The molecule has 10 nitrogen and oxygen atoms in total. The van der Waals surface area contributed by atoms with Gasteiger partial charge < -0.3 is 14.5 Å². The summed E-state index contributed by atoms with van der Waals surface area (Å²) in [5.74, 6) is -0.897. The molecule has 0 saturated carbocycles. The number of anilines is 2. The summed E-state index contributed by atoms with van der Waals surface area (Å²) in [5.41, 5.74) is 0.662. The highest BCUT2D eigenvalue weighted by molar-refractivity contribution is 7.16. The number of Topliss-reactive ketones (excluding diaryl/α,β-unsaturated/α-hetero) is 1. The number of aliphatic imine (C=N–C) groups is 1. The van der Waals surface area contributed by atoms with Gasteiger partial charge in [0.2, 0.25) is 0 Å². The molecule has 6 rings (SSSR count). The Balaban J connectivity index is 1.36. The predicted molar refractivity (Wildman–Crippen MR) is 152 cm³/mol. The molecule has 0 spiro atoms. The van der Waals surface area contributed by atoms with Gasteiger partial charge in [0.1, 0.15) is 22.0 Å². The summed E-state index contributed by atoms with van der Waals surface area (Å²) in [5, 5.41) is 10.7. The molecule has 1 amide bonds. The second-order valence-electron chi connectivity index (χ2n) is 10.5. The Morgan fingerprint density at radius 3 is 2.51 bits per heavy atom. The Bertz CT molecular complexity index is 1720. The Labute approximate surface area is 247 Å². The SMILES string of the molecule is CC(C)(c1nc(-c2nnc(N[C@H]3N=C(c4ccccc4)c4ccccc4CC3=O)o2)c(N2CCOCC2=O)s1)C(F)(F)F. The highest BCUT2D eigenvalue weighted by atomic mass is 32.1. The number of carbonyl (C=O) groups excluding carboxylic acids is 2. The van der Waals surface area contributed by atoms with E-state index < -0.39 is 23.7 Å². The standard InChI is InChI=1S/C29H25F3N6O4S/c1-28(2,29(30,31)32)26-34-22(25(43-26)38-12-13-41-15-20(38)40)24-36-37-27(42-24)35-23-19(39)14-17-10-6-7-11-18(17)21(33-23)16-8-4-3-5-9-16/h3-11,23H,12-15H2,1-2H3,(H,35,37)/t23-/m1/s1. The number of morpholine rings is 1. The van der Waals surface area contributed by atoms with Crippen LogP contribution >= 0.6 is 11.3 Å². The van der Waals surface area contributed by atoms with E-state index in [1.54, 1.807) is 0 Å². The van der Waals surface area contributed by atoms with Gasteiger partial charge in [0.15, 0.2) is 17.6 Å². The maximum Gasteiger partial charge on any atom is 0.400 e. The number of ketones is 1. The number of benzene rings is 2. The number of hydrogen-bond donors (Lipinski definition) is 1. The lowest BCUT2D eigenvalue weighted by Crippen LogP contribution is -2.41. The van der Waals surface area contributed by atoms with Gasteiger partial charge in [-0.2, -0.15) is 13.2 Å². The summed E-state index contributed by atoms with van der Waals surface area (Å²) < 4.78 is 52.8. The highest BCUT2D eigenvalue weighted by Gasteiger charge is 2.51. The zero-order chi connectivity index (χ0) is 30.4.